The molecule has 0 aliphatic carbocycles. The van der Waals surface area contributed by atoms with Crippen molar-refractivity contribution in [1.82, 2.24) is 5.32 Å². The van der Waals surface area contributed by atoms with Gasteiger partial charge in [0.2, 0.25) is 0 Å². The highest BCUT2D eigenvalue weighted by molar-refractivity contribution is 5.57. The normalized spacial score (nSPS) is 13.5. The van der Waals surface area contributed by atoms with Gasteiger partial charge in [0.15, 0.2) is 0 Å². The average Bonchev–Trinajstić information content (AvgIpc) is 2.25. The van der Waals surface area contributed by atoms with Crippen LogP contribution in [0.4, 0.5) is 5.69 Å². The zero-order chi connectivity index (χ0) is 13.1. The van der Waals surface area contributed by atoms with Crippen LogP contribution in [0.2, 0.25) is 0 Å². The van der Waals surface area contributed by atoms with Crippen LogP contribution in [0.25, 0.3) is 0 Å². The first-order chi connectivity index (χ1) is 7.83. The number of phenolic OH excluding ortho intramolecular Hbond substituents is 1. The number of benzene rings is 1. The van der Waals surface area contributed by atoms with Gasteiger partial charge in [-0.3, -0.25) is 0 Å². The van der Waals surface area contributed by atoms with Crippen molar-refractivity contribution < 1.29 is 10.2 Å². The van der Waals surface area contributed by atoms with E-state index in [-0.39, 0.29) is 11.3 Å². The molecular formula is C13H22N2O2. The molecule has 0 radical (unpaired) electrons. The summed E-state index contributed by atoms with van der Waals surface area (Å²) in [5, 5.41) is 25.7. The van der Waals surface area contributed by atoms with Crippen molar-refractivity contribution in [3.63, 3.8) is 0 Å². The van der Waals surface area contributed by atoms with Crippen LogP contribution in [-0.2, 0) is 0 Å². The predicted octanol–water partition coefficient (Wildman–Crippen LogP) is 1.86. The van der Waals surface area contributed by atoms with Gasteiger partial charge in [-0.1, -0.05) is 6.07 Å². The molecule has 4 heteroatoms. The van der Waals surface area contributed by atoms with Gasteiger partial charge in [0, 0.05) is 19.1 Å². The molecule has 0 aliphatic rings. The van der Waals surface area contributed by atoms with Gasteiger partial charge < -0.3 is 20.8 Å². The first-order valence-electron chi connectivity index (χ1n) is 5.77. The van der Waals surface area contributed by atoms with Crippen LogP contribution >= 0.6 is 0 Å². The second-order valence-electron chi connectivity index (χ2n) is 5.17. The van der Waals surface area contributed by atoms with Crippen LogP contribution in [0.5, 0.6) is 5.75 Å². The van der Waals surface area contributed by atoms with Crippen molar-refractivity contribution in [2.24, 2.45) is 0 Å². The smallest absolute Gasteiger partial charge is 0.138 e. The fraction of sp³-hybridized carbons (Fsp3) is 0.538. The van der Waals surface area contributed by atoms with Gasteiger partial charge in [0.1, 0.15) is 5.75 Å². The molecule has 0 aliphatic heterocycles. The first-order valence-corrected chi connectivity index (χ1v) is 5.77. The van der Waals surface area contributed by atoms with Gasteiger partial charge in [-0.15, -0.1) is 0 Å². The zero-order valence-electron chi connectivity index (χ0n) is 10.9. The number of aromatic hydroxyl groups is 1. The number of aliphatic hydroxyl groups excluding tert-OH is 1. The highest BCUT2D eigenvalue weighted by Crippen LogP contribution is 2.26. The Bertz CT molecular complexity index is 372. The summed E-state index contributed by atoms with van der Waals surface area (Å²) in [5.74, 6) is 0.187. The van der Waals surface area contributed by atoms with E-state index in [1.807, 2.05) is 0 Å². The Kier molecular flexibility index (Phi) is 4.37. The molecule has 0 fully saturated rings. The summed E-state index contributed by atoms with van der Waals surface area (Å²) in [6.45, 7) is 6.64. The number of β-amino-alcohol motifs (C(OH)–C–C–N with tert-alkyl or cyclic N) is 1. The summed E-state index contributed by atoms with van der Waals surface area (Å²) >= 11 is 0. The Morgan fingerprint density at radius 3 is 2.47 bits per heavy atom. The van der Waals surface area contributed by atoms with E-state index in [1.165, 1.54) is 0 Å². The van der Waals surface area contributed by atoms with Crippen LogP contribution in [0.15, 0.2) is 18.2 Å². The van der Waals surface area contributed by atoms with Gasteiger partial charge in [-0.05, 0) is 38.5 Å². The lowest BCUT2D eigenvalue weighted by atomic mass is 10.1. The molecule has 1 aromatic rings. The van der Waals surface area contributed by atoms with E-state index in [2.05, 4.69) is 31.4 Å². The monoisotopic (exact) mass is 238 g/mol. The highest BCUT2D eigenvalue weighted by Gasteiger charge is 2.14. The molecule has 17 heavy (non-hydrogen) atoms. The number of phenols is 1. The molecule has 0 unspecified atom stereocenters. The third kappa shape index (κ3) is 4.24. The van der Waals surface area contributed by atoms with E-state index < -0.39 is 6.10 Å². The maximum atomic E-state index is 10.0. The molecule has 0 aromatic heterocycles. The number of hydrogen-bond donors (Lipinski definition) is 4. The van der Waals surface area contributed by atoms with Crippen LogP contribution in [0.1, 0.15) is 32.4 Å². The van der Waals surface area contributed by atoms with Crippen molar-refractivity contribution in [1.29, 1.82) is 0 Å². The van der Waals surface area contributed by atoms with E-state index in [4.69, 9.17) is 0 Å². The molecule has 0 amide bonds. The summed E-state index contributed by atoms with van der Waals surface area (Å²) in [5.41, 5.74) is 1.38. The van der Waals surface area contributed by atoms with E-state index >= 15 is 0 Å². The highest BCUT2D eigenvalue weighted by atomic mass is 16.3. The van der Waals surface area contributed by atoms with E-state index in [0.29, 0.717) is 12.2 Å². The van der Waals surface area contributed by atoms with Gasteiger partial charge in [0.25, 0.3) is 0 Å². The number of rotatable bonds is 4. The van der Waals surface area contributed by atoms with Crippen molar-refractivity contribution >= 4 is 5.69 Å². The fourth-order valence-electron chi connectivity index (χ4n) is 1.48. The standard InChI is InChI=1S/C13H22N2O2/c1-13(2,3)15-8-12(17)9-5-6-11(16)10(7-9)14-4/h5-7,12,14-17H,8H2,1-4H3/t12-/m0/s1. The Morgan fingerprint density at radius 2 is 1.94 bits per heavy atom. The van der Waals surface area contributed by atoms with Gasteiger partial charge in [0.05, 0.1) is 11.8 Å². The summed E-state index contributed by atoms with van der Waals surface area (Å²) in [7, 11) is 1.73. The Balaban J connectivity index is 2.72. The third-order valence-electron chi connectivity index (χ3n) is 2.50. The summed E-state index contributed by atoms with van der Waals surface area (Å²) in [6.07, 6.45) is -0.582. The second kappa shape index (κ2) is 5.38. The minimum atomic E-state index is -0.582. The molecule has 0 bridgehead atoms. The van der Waals surface area contributed by atoms with Gasteiger partial charge >= 0.3 is 0 Å². The SMILES string of the molecule is CNc1cc([C@@H](O)CNC(C)(C)C)ccc1O. The second-order valence-corrected chi connectivity index (χ2v) is 5.17. The number of anilines is 1. The Hall–Kier alpha value is -1.26. The fourth-order valence-corrected chi connectivity index (χ4v) is 1.48. The van der Waals surface area contributed by atoms with Crippen LogP contribution < -0.4 is 10.6 Å². The van der Waals surface area contributed by atoms with Crippen LogP contribution in [-0.4, -0.2) is 29.3 Å². The summed E-state index contributed by atoms with van der Waals surface area (Å²) in [6, 6.07) is 5.07. The van der Waals surface area contributed by atoms with Crippen LogP contribution in [0, 0.1) is 0 Å². The average molecular weight is 238 g/mol. The molecule has 96 valence electrons. The lowest BCUT2D eigenvalue weighted by molar-refractivity contribution is 0.163. The zero-order valence-corrected chi connectivity index (χ0v) is 10.9. The summed E-state index contributed by atoms with van der Waals surface area (Å²) < 4.78 is 0. The lowest BCUT2D eigenvalue weighted by Gasteiger charge is -2.23. The van der Waals surface area contributed by atoms with Crippen molar-refractivity contribution in [3.05, 3.63) is 23.8 Å². The summed E-state index contributed by atoms with van der Waals surface area (Å²) in [4.78, 5) is 0. The topological polar surface area (TPSA) is 64.5 Å². The van der Waals surface area contributed by atoms with Gasteiger partial charge in [-0.25, -0.2) is 0 Å². The Morgan fingerprint density at radius 1 is 1.29 bits per heavy atom. The predicted molar refractivity (Wildman–Crippen MR) is 70.4 cm³/mol. The first kappa shape index (κ1) is 13.8. The number of aliphatic hydroxyl groups is 1. The Labute approximate surface area is 103 Å². The molecule has 0 saturated carbocycles. The van der Waals surface area contributed by atoms with Crippen molar-refractivity contribution in [2.45, 2.75) is 32.4 Å². The molecule has 1 atom stereocenters. The maximum Gasteiger partial charge on any atom is 0.138 e. The van der Waals surface area contributed by atoms with E-state index in [0.717, 1.165) is 5.56 Å². The quantitative estimate of drug-likeness (QED) is 0.605. The molecule has 0 spiro atoms. The number of nitrogens with one attached hydrogen (secondary N) is 2. The molecule has 0 saturated heterocycles. The molecule has 1 aromatic carbocycles. The largest absolute Gasteiger partial charge is 0.506 e. The van der Waals surface area contributed by atoms with Crippen LogP contribution in [0.3, 0.4) is 0 Å². The van der Waals surface area contributed by atoms with Gasteiger partial charge in [-0.2, -0.15) is 0 Å². The molecular weight excluding hydrogens is 216 g/mol. The van der Waals surface area contributed by atoms with Crippen molar-refractivity contribution in [3.8, 4) is 5.75 Å². The maximum absolute atomic E-state index is 10.0. The molecule has 0 heterocycles. The lowest BCUT2D eigenvalue weighted by Crippen LogP contribution is -2.38. The molecule has 1 rings (SSSR count). The third-order valence-corrected chi connectivity index (χ3v) is 2.50. The molecule has 4 nitrogen and oxygen atoms in total. The minimum Gasteiger partial charge on any atom is -0.506 e. The minimum absolute atomic E-state index is 0.0241. The molecule has 4 N–H and O–H groups in total. The number of hydrogen-bond acceptors (Lipinski definition) is 4. The van der Waals surface area contributed by atoms with E-state index in [9.17, 15) is 10.2 Å². The van der Waals surface area contributed by atoms with Crippen molar-refractivity contribution in [2.75, 3.05) is 18.9 Å². The van der Waals surface area contributed by atoms with E-state index in [1.54, 1.807) is 25.2 Å².